The van der Waals surface area contributed by atoms with E-state index in [1.54, 1.807) is 0 Å². The molecule has 154 valence electrons. The summed E-state index contributed by atoms with van der Waals surface area (Å²) in [4.78, 5) is 17.7. The lowest BCUT2D eigenvalue weighted by Gasteiger charge is -2.07. The molecule has 3 rings (SSSR count). The molecule has 2 aromatic carbocycles. The van der Waals surface area contributed by atoms with Crippen LogP contribution in [0.15, 0.2) is 57.9 Å². The zero-order chi connectivity index (χ0) is 19.9. The number of rotatable bonds is 8. The third-order valence-electron chi connectivity index (χ3n) is 4.26. The molecule has 2 N–H and O–H groups in total. The normalized spacial score (nSPS) is 11.6. The molecule has 0 bridgehead atoms. The number of amides is 1. The van der Waals surface area contributed by atoms with Crippen LogP contribution < -0.4 is 10.6 Å². The Morgan fingerprint density at radius 3 is 2.62 bits per heavy atom. The summed E-state index contributed by atoms with van der Waals surface area (Å²) in [5, 5.41) is 10.1. The average molecular weight is 433 g/mol. The Morgan fingerprint density at radius 2 is 1.90 bits per heavy atom. The highest BCUT2D eigenvalue weighted by Crippen LogP contribution is 2.30. The van der Waals surface area contributed by atoms with Crippen molar-refractivity contribution in [3.63, 3.8) is 0 Å². The van der Waals surface area contributed by atoms with Crippen molar-refractivity contribution in [2.24, 2.45) is 0 Å². The molecule has 0 fully saturated rings. The van der Waals surface area contributed by atoms with Gasteiger partial charge in [-0.3, -0.25) is 4.79 Å². The molecule has 1 aromatic heterocycles. The molecule has 0 spiro atoms. The van der Waals surface area contributed by atoms with Crippen LogP contribution in [0.1, 0.15) is 18.3 Å². The zero-order valence-corrected chi connectivity index (χ0v) is 18.3. The number of nitrogens with one attached hydrogen (secondary N) is 2. The highest BCUT2D eigenvalue weighted by molar-refractivity contribution is 8.00. The van der Waals surface area contributed by atoms with Gasteiger partial charge >= 0.3 is 0 Å². The Bertz CT molecular complexity index is 930. The largest absolute Gasteiger partial charge is 0.334 e. The lowest BCUT2D eigenvalue weighted by molar-refractivity contribution is -0.113. The number of anilines is 1. The monoisotopic (exact) mass is 432 g/mol. The number of thioether (sulfide) groups is 1. The number of aryl methyl sites for hydroxylation is 1. The number of hydrogen-bond donors (Lipinski definition) is 2. The quantitative estimate of drug-likeness (QED) is 0.515. The van der Waals surface area contributed by atoms with Gasteiger partial charge in [-0.2, -0.15) is 4.98 Å². The van der Waals surface area contributed by atoms with Crippen molar-refractivity contribution in [1.82, 2.24) is 15.5 Å². The van der Waals surface area contributed by atoms with Crippen molar-refractivity contribution in [3.05, 3.63) is 59.9 Å². The Kier molecular flexibility index (Phi) is 8.70. The molecule has 0 aliphatic heterocycles. The van der Waals surface area contributed by atoms with Crippen molar-refractivity contribution >= 4 is 35.8 Å². The van der Waals surface area contributed by atoms with Crippen molar-refractivity contribution in [1.29, 1.82) is 0 Å². The highest BCUT2D eigenvalue weighted by Gasteiger charge is 2.15. The fourth-order valence-electron chi connectivity index (χ4n) is 2.57. The lowest BCUT2D eigenvalue weighted by Crippen LogP contribution is -2.24. The van der Waals surface area contributed by atoms with Crippen LogP contribution in [0.5, 0.6) is 0 Å². The van der Waals surface area contributed by atoms with Crippen LogP contribution in [-0.4, -0.2) is 34.9 Å². The summed E-state index contributed by atoms with van der Waals surface area (Å²) in [6, 6.07) is 15.8. The number of nitrogens with zero attached hydrogens (tertiary/aromatic N) is 2. The predicted octanol–water partition coefficient (Wildman–Crippen LogP) is 4.35. The molecular formula is C21H25ClN4O2S. The molecule has 3 aromatic rings. The molecule has 0 aliphatic carbocycles. The summed E-state index contributed by atoms with van der Waals surface area (Å²) in [7, 11) is 1.90. The van der Waals surface area contributed by atoms with Gasteiger partial charge in [0.1, 0.15) is 0 Å². The SMILES string of the molecule is CNC(C)Cc1noc(-c2ccccc2SCC(=O)Nc2ccc(C)cc2)n1.Cl. The molecule has 0 saturated carbocycles. The van der Waals surface area contributed by atoms with Crippen LogP contribution in [0, 0.1) is 6.92 Å². The van der Waals surface area contributed by atoms with E-state index in [2.05, 4.69) is 27.7 Å². The fraction of sp³-hybridized carbons (Fsp3) is 0.286. The van der Waals surface area contributed by atoms with E-state index in [1.807, 2.05) is 62.5 Å². The maximum absolute atomic E-state index is 12.3. The van der Waals surface area contributed by atoms with Gasteiger partial charge in [0.25, 0.3) is 5.89 Å². The topological polar surface area (TPSA) is 80.0 Å². The van der Waals surface area contributed by atoms with Crippen molar-refractivity contribution in [2.45, 2.75) is 31.2 Å². The van der Waals surface area contributed by atoms with E-state index in [0.29, 0.717) is 23.9 Å². The van der Waals surface area contributed by atoms with E-state index >= 15 is 0 Å². The van der Waals surface area contributed by atoms with Gasteiger partial charge < -0.3 is 15.2 Å². The van der Waals surface area contributed by atoms with Crippen molar-refractivity contribution in [3.8, 4) is 11.5 Å². The van der Waals surface area contributed by atoms with Gasteiger partial charge in [-0.05, 0) is 45.2 Å². The molecule has 6 nitrogen and oxygen atoms in total. The Morgan fingerprint density at radius 1 is 1.17 bits per heavy atom. The smallest absolute Gasteiger partial charge is 0.259 e. The van der Waals surface area contributed by atoms with Gasteiger partial charge in [-0.1, -0.05) is 35.0 Å². The van der Waals surface area contributed by atoms with E-state index in [1.165, 1.54) is 11.8 Å². The Balaban J connectivity index is 0.00000300. The number of benzene rings is 2. The minimum Gasteiger partial charge on any atom is -0.334 e. The van der Waals surface area contributed by atoms with Gasteiger partial charge in [-0.15, -0.1) is 24.2 Å². The number of carbonyl (C=O) groups excluding carboxylic acids is 1. The Hall–Kier alpha value is -2.35. The highest BCUT2D eigenvalue weighted by atomic mass is 35.5. The van der Waals surface area contributed by atoms with Gasteiger partial charge in [0.15, 0.2) is 5.82 Å². The first kappa shape index (κ1) is 22.9. The maximum atomic E-state index is 12.3. The van der Waals surface area contributed by atoms with E-state index < -0.39 is 0 Å². The molecule has 1 unspecified atom stereocenters. The molecule has 8 heteroatoms. The van der Waals surface area contributed by atoms with Crippen LogP contribution in [0.2, 0.25) is 0 Å². The third-order valence-corrected chi connectivity index (χ3v) is 5.33. The second kappa shape index (κ2) is 11.0. The molecular weight excluding hydrogens is 408 g/mol. The van der Waals surface area contributed by atoms with E-state index in [-0.39, 0.29) is 24.4 Å². The standard InChI is InChI=1S/C21H24N4O2S.ClH/c1-14-8-10-16(11-9-14)23-20(26)13-28-18-7-5-4-6-17(18)21-24-19(25-27-21)12-15(2)22-3;/h4-11,15,22H,12-13H2,1-3H3,(H,23,26);1H. The first-order valence-electron chi connectivity index (χ1n) is 9.13. The molecule has 29 heavy (non-hydrogen) atoms. The minimum absolute atomic E-state index is 0. The van der Waals surface area contributed by atoms with Gasteiger partial charge in [0.2, 0.25) is 5.91 Å². The van der Waals surface area contributed by atoms with E-state index in [0.717, 1.165) is 21.7 Å². The fourth-order valence-corrected chi connectivity index (χ4v) is 3.41. The zero-order valence-electron chi connectivity index (χ0n) is 16.6. The molecule has 0 radical (unpaired) electrons. The Labute approximate surface area is 181 Å². The second-order valence-electron chi connectivity index (χ2n) is 6.61. The van der Waals surface area contributed by atoms with Crippen molar-refractivity contribution < 1.29 is 9.32 Å². The molecule has 1 heterocycles. The van der Waals surface area contributed by atoms with Crippen LogP contribution in [0.3, 0.4) is 0 Å². The number of likely N-dealkylation sites (N-methyl/N-ethyl adjacent to an activating group) is 1. The first-order valence-corrected chi connectivity index (χ1v) is 10.1. The summed E-state index contributed by atoms with van der Waals surface area (Å²) in [5.41, 5.74) is 2.79. The van der Waals surface area contributed by atoms with Crippen molar-refractivity contribution in [2.75, 3.05) is 18.1 Å². The van der Waals surface area contributed by atoms with Crippen LogP contribution in [-0.2, 0) is 11.2 Å². The molecule has 1 atom stereocenters. The summed E-state index contributed by atoms with van der Waals surface area (Å²) < 4.78 is 5.45. The van der Waals surface area contributed by atoms with Gasteiger partial charge in [0.05, 0.1) is 11.3 Å². The van der Waals surface area contributed by atoms with Crippen LogP contribution in [0.4, 0.5) is 5.69 Å². The summed E-state index contributed by atoms with van der Waals surface area (Å²) in [5.74, 6) is 1.37. The maximum Gasteiger partial charge on any atom is 0.259 e. The summed E-state index contributed by atoms with van der Waals surface area (Å²) >= 11 is 1.45. The first-order chi connectivity index (χ1) is 13.5. The van der Waals surface area contributed by atoms with Gasteiger partial charge in [-0.25, -0.2) is 0 Å². The van der Waals surface area contributed by atoms with E-state index in [9.17, 15) is 4.79 Å². The minimum atomic E-state index is -0.0577. The third kappa shape index (κ3) is 6.59. The molecule has 1 amide bonds. The number of aromatic nitrogens is 2. The lowest BCUT2D eigenvalue weighted by atomic mass is 10.2. The summed E-state index contributed by atoms with van der Waals surface area (Å²) in [6.45, 7) is 4.08. The number of halogens is 1. The summed E-state index contributed by atoms with van der Waals surface area (Å²) in [6.07, 6.45) is 0.689. The number of hydrogen-bond acceptors (Lipinski definition) is 6. The predicted molar refractivity (Wildman–Crippen MR) is 120 cm³/mol. The average Bonchev–Trinajstić information content (AvgIpc) is 3.16. The van der Waals surface area contributed by atoms with E-state index in [4.69, 9.17) is 4.52 Å². The van der Waals surface area contributed by atoms with Crippen LogP contribution >= 0.6 is 24.2 Å². The number of carbonyl (C=O) groups is 1. The molecule has 0 aliphatic rings. The van der Waals surface area contributed by atoms with Crippen LogP contribution in [0.25, 0.3) is 11.5 Å². The molecule has 0 saturated heterocycles. The second-order valence-corrected chi connectivity index (χ2v) is 7.63. The van der Waals surface area contributed by atoms with Gasteiger partial charge in [0, 0.05) is 23.0 Å².